The highest BCUT2D eigenvalue weighted by Gasteiger charge is 2.51. The zero-order valence-corrected chi connectivity index (χ0v) is 17.1. The maximum atomic E-state index is 13.4. The van der Waals surface area contributed by atoms with Gasteiger partial charge < -0.3 is 5.11 Å². The predicted octanol–water partition coefficient (Wildman–Crippen LogP) is 3.55. The van der Waals surface area contributed by atoms with E-state index in [2.05, 4.69) is 4.90 Å². The molecule has 29 heavy (non-hydrogen) atoms. The van der Waals surface area contributed by atoms with E-state index < -0.39 is 11.5 Å². The first-order valence-electron chi connectivity index (χ1n) is 10.4. The molecule has 2 aliphatic rings. The number of aryl methyl sites for hydroxylation is 2. The van der Waals surface area contributed by atoms with Crippen molar-refractivity contribution in [1.29, 1.82) is 0 Å². The third kappa shape index (κ3) is 3.61. The van der Waals surface area contributed by atoms with Gasteiger partial charge in [-0.05, 0) is 57.5 Å². The summed E-state index contributed by atoms with van der Waals surface area (Å²) in [5.41, 5.74) is 1.82. The molecule has 0 aromatic heterocycles. The largest absolute Gasteiger partial charge is 0.375 e. The molecular weight excluding hydrogens is 364 g/mol. The molecule has 4 rings (SSSR count). The standard InChI is InChI=1S/C24H28N2O3/c1-17-10-11-18(2)19(14-17)22(27)15-24(29)20-8-4-5-9-21(20)26(23(24)28)16-25-12-6-3-7-13-25/h4-5,8-11,14,29H,3,6-7,12-13,15-16H2,1-2H3/t24-/m0/s1. The molecule has 1 saturated heterocycles. The third-order valence-electron chi connectivity index (χ3n) is 6.14. The van der Waals surface area contributed by atoms with Crippen molar-refractivity contribution in [2.75, 3.05) is 24.7 Å². The van der Waals surface area contributed by atoms with Gasteiger partial charge in [0.05, 0.1) is 18.8 Å². The second-order valence-corrected chi connectivity index (χ2v) is 8.35. The van der Waals surface area contributed by atoms with E-state index >= 15 is 0 Å². The first-order valence-corrected chi connectivity index (χ1v) is 10.4. The molecule has 2 aromatic carbocycles. The zero-order valence-electron chi connectivity index (χ0n) is 17.1. The molecule has 0 unspecified atom stereocenters. The van der Waals surface area contributed by atoms with Crippen LogP contribution in [0.3, 0.4) is 0 Å². The number of fused-ring (bicyclic) bond motifs is 1. The Bertz CT molecular complexity index is 949. The minimum Gasteiger partial charge on any atom is -0.375 e. The minimum absolute atomic E-state index is 0.211. The van der Waals surface area contributed by atoms with Gasteiger partial charge in [-0.1, -0.05) is 42.3 Å². The smallest absolute Gasteiger partial charge is 0.265 e. The maximum absolute atomic E-state index is 13.4. The van der Waals surface area contributed by atoms with Crippen LogP contribution in [0, 0.1) is 13.8 Å². The summed E-state index contributed by atoms with van der Waals surface area (Å²) in [5.74, 6) is -0.611. The number of ketones is 1. The Balaban J connectivity index is 1.64. The average Bonchev–Trinajstić information content (AvgIpc) is 2.92. The molecule has 0 bridgehead atoms. The summed E-state index contributed by atoms with van der Waals surface area (Å²) in [6.07, 6.45) is 3.22. The van der Waals surface area contributed by atoms with Crippen LogP contribution < -0.4 is 4.90 Å². The fourth-order valence-electron chi connectivity index (χ4n) is 4.48. The van der Waals surface area contributed by atoms with E-state index in [-0.39, 0.29) is 12.2 Å². The highest BCUT2D eigenvalue weighted by molar-refractivity contribution is 6.11. The number of benzene rings is 2. The molecule has 0 aliphatic carbocycles. The van der Waals surface area contributed by atoms with Crippen molar-refractivity contribution in [2.24, 2.45) is 0 Å². The Labute approximate surface area is 171 Å². The lowest BCUT2D eigenvalue weighted by Gasteiger charge is -2.31. The predicted molar refractivity (Wildman–Crippen MR) is 113 cm³/mol. The number of para-hydroxylation sites is 1. The van der Waals surface area contributed by atoms with Crippen LogP contribution in [-0.4, -0.2) is 41.5 Å². The van der Waals surface area contributed by atoms with Gasteiger partial charge in [-0.3, -0.25) is 19.4 Å². The van der Waals surface area contributed by atoms with E-state index in [1.54, 1.807) is 11.0 Å². The van der Waals surface area contributed by atoms with Crippen molar-refractivity contribution in [3.8, 4) is 0 Å². The monoisotopic (exact) mass is 392 g/mol. The van der Waals surface area contributed by atoms with E-state index in [0.29, 0.717) is 23.5 Å². The van der Waals surface area contributed by atoms with Crippen molar-refractivity contribution in [2.45, 2.75) is 45.1 Å². The Morgan fingerprint density at radius 3 is 2.55 bits per heavy atom. The molecule has 1 amide bonds. The highest BCUT2D eigenvalue weighted by Crippen LogP contribution is 2.43. The first-order chi connectivity index (χ1) is 13.9. The van der Waals surface area contributed by atoms with E-state index in [1.807, 2.05) is 50.2 Å². The molecule has 2 aromatic rings. The lowest BCUT2D eigenvalue weighted by atomic mass is 9.87. The number of likely N-dealkylation sites (tertiary alicyclic amines) is 1. The molecule has 5 heteroatoms. The van der Waals surface area contributed by atoms with Gasteiger partial charge in [0.1, 0.15) is 0 Å². The fraction of sp³-hybridized carbons (Fsp3) is 0.417. The highest BCUT2D eigenvalue weighted by atomic mass is 16.3. The summed E-state index contributed by atoms with van der Waals surface area (Å²) in [7, 11) is 0. The molecule has 2 heterocycles. The van der Waals surface area contributed by atoms with Crippen LogP contribution in [0.2, 0.25) is 0 Å². The fourth-order valence-corrected chi connectivity index (χ4v) is 4.48. The maximum Gasteiger partial charge on any atom is 0.265 e. The molecule has 0 radical (unpaired) electrons. The number of rotatable bonds is 5. The SMILES string of the molecule is Cc1ccc(C)c(C(=O)C[C@@]2(O)C(=O)N(CN3CCCCC3)c3ccccc32)c1. The van der Waals surface area contributed by atoms with Crippen molar-refractivity contribution < 1.29 is 14.7 Å². The number of carbonyl (C=O) groups is 2. The normalized spacial score (nSPS) is 22.0. The van der Waals surface area contributed by atoms with Crippen LogP contribution in [-0.2, 0) is 10.4 Å². The summed E-state index contributed by atoms with van der Waals surface area (Å²) in [6.45, 7) is 6.17. The van der Waals surface area contributed by atoms with Crippen LogP contribution in [0.5, 0.6) is 0 Å². The van der Waals surface area contributed by atoms with E-state index in [9.17, 15) is 14.7 Å². The second kappa shape index (κ2) is 7.73. The van der Waals surface area contributed by atoms with Gasteiger partial charge in [0.2, 0.25) is 0 Å². The second-order valence-electron chi connectivity index (χ2n) is 8.35. The van der Waals surface area contributed by atoms with Crippen LogP contribution >= 0.6 is 0 Å². The summed E-state index contributed by atoms with van der Waals surface area (Å²) in [6, 6.07) is 13.0. The van der Waals surface area contributed by atoms with Crippen molar-refractivity contribution in [3.05, 3.63) is 64.7 Å². The summed E-state index contributed by atoms with van der Waals surface area (Å²) >= 11 is 0. The van der Waals surface area contributed by atoms with E-state index in [1.165, 1.54) is 6.42 Å². The molecule has 152 valence electrons. The van der Waals surface area contributed by atoms with Gasteiger partial charge in [0.15, 0.2) is 11.4 Å². The number of Topliss-reactive ketones (excluding diaryl/α,β-unsaturated/α-hetero) is 1. The molecule has 2 aliphatic heterocycles. The molecule has 0 spiro atoms. The van der Waals surface area contributed by atoms with Crippen LogP contribution in [0.1, 0.15) is 52.7 Å². The summed E-state index contributed by atoms with van der Waals surface area (Å²) in [4.78, 5) is 30.4. The Hall–Kier alpha value is -2.50. The van der Waals surface area contributed by atoms with Crippen molar-refractivity contribution in [3.63, 3.8) is 0 Å². The van der Waals surface area contributed by atoms with E-state index in [4.69, 9.17) is 0 Å². The lowest BCUT2D eigenvalue weighted by Crippen LogP contribution is -2.47. The number of hydrogen-bond donors (Lipinski definition) is 1. The number of anilines is 1. The van der Waals surface area contributed by atoms with Crippen molar-refractivity contribution >= 4 is 17.4 Å². The number of aliphatic hydroxyl groups is 1. The number of piperidine rings is 1. The molecular formula is C24H28N2O3. The lowest BCUT2D eigenvalue weighted by molar-refractivity contribution is -0.136. The van der Waals surface area contributed by atoms with Gasteiger partial charge in [0, 0.05) is 11.1 Å². The Kier molecular flexibility index (Phi) is 5.28. The number of nitrogens with zero attached hydrogens (tertiary/aromatic N) is 2. The van der Waals surface area contributed by atoms with Crippen LogP contribution in [0.15, 0.2) is 42.5 Å². The molecule has 1 atom stereocenters. The van der Waals surface area contributed by atoms with Gasteiger partial charge in [-0.25, -0.2) is 0 Å². The summed E-state index contributed by atoms with van der Waals surface area (Å²) < 4.78 is 0. The molecule has 1 N–H and O–H groups in total. The van der Waals surface area contributed by atoms with Crippen LogP contribution in [0.25, 0.3) is 0 Å². The van der Waals surface area contributed by atoms with Crippen LogP contribution in [0.4, 0.5) is 5.69 Å². The number of carbonyl (C=O) groups excluding carboxylic acids is 2. The Morgan fingerprint density at radius 2 is 1.79 bits per heavy atom. The number of hydrogen-bond acceptors (Lipinski definition) is 4. The van der Waals surface area contributed by atoms with Gasteiger partial charge in [0.25, 0.3) is 5.91 Å². The molecule has 1 fully saturated rings. The van der Waals surface area contributed by atoms with Crippen molar-refractivity contribution in [1.82, 2.24) is 4.90 Å². The topological polar surface area (TPSA) is 60.9 Å². The van der Waals surface area contributed by atoms with Gasteiger partial charge in [-0.15, -0.1) is 0 Å². The quantitative estimate of drug-likeness (QED) is 0.791. The average molecular weight is 392 g/mol. The molecule has 0 saturated carbocycles. The third-order valence-corrected chi connectivity index (χ3v) is 6.14. The first kappa shape index (κ1) is 19.8. The minimum atomic E-state index is -1.82. The summed E-state index contributed by atoms with van der Waals surface area (Å²) in [5, 5.41) is 11.5. The van der Waals surface area contributed by atoms with Gasteiger partial charge >= 0.3 is 0 Å². The number of amides is 1. The molecule has 5 nitrogen and oxygen atoms in total. The van der Waals surface area contributed by atoms with Gasteiger partial charge in [-0.2, -0.15) is 0 Å². The van der Waals surface area contributed by atoms with E-state index in [0.717, 1.165) is 37.1 Å². The Morgan fingerprint density at radius 1 is 1.07 bits per heavy atom. The zero-order chi connectivity index (χ0) is 20.6.